The van der Waals surface area contributed by atoms with Crippen molar-refractivity contribution < 1.29 is 19.2 Å². The van der Waals surface area contributed by atoms with Crippen molar-refractivity contribution in [3.05, 3.63) is 0 Å². The van der Waals surface area contributed by atoms with Gasteiger partial charge < -0.3 is 0 Å². The summed E-state index contributed by atoms with van der Waals surface area (Å²) in [4.78, 5) is 52.4. The summed E-state index contributed by atoms with van der Waals surface area (Å²) in [7, 11) is 0. The third kappa shape index (κ3) is 27.5. The highest BCUT2D eigenvalue weighted by Gasteiger charge is 2.40. The second-order valence-corrected chi connectivity index (χ2v) is 15.1. The number of hydrogen-bond donors (Lipinski definition) is 0. The molecule has 0 aliphatic carbocycles. The maximum Gasteiger partial charge on any atom is 0.144 e. The average Bonchev–Trinajstić information content (AvgIpc) is 3.06. The highest BCUT2D eigenvalue weighted by atomic mass is 16.2. The molecule has 0 spiro atoms. The molecule has 1 atom stereocenters. The van der Waals surface area contributed by atoms with E-state index in [9.17, 15) is 19.2 Å². The fourth-order valence-electron chi connectivity index (χ4n) is 7.25. The molecule has 0 aliphatic heterocycles. The first kappa shape index (κ1) is 46.7. The summed E-state index contributed by atoms with van der Waals surface area (Å²) in [5.41, 5.74) is 0. The van der Waals surface area contributed by atoms with E-state index in [4.69, 9.17) is 0 Å². The van der Waals surface area contributed by atoms with Gasteiger partial charge in [-0.2, -0.15) is 0 Å². The van der Waals surface area contributed by atoms with Crippen molar-refractivity contribution in [2.45, 2.75) is 246 Å². The van der Waals surface area contributed by atoms with E-state index < -0.39 is 11.8 Å². The molecule has 0 saturated heterocycles. The lowest BCUT2D eigenvalue weighted by Gasteiger charge is -2.22. The Balaban J connectivity index is 4.33. The van der Waals surface area contributed by atoms with Gasteiger partial charge in [0, 0.05) is 19.3 Å². The zero-order valence-corrected chi connectivity index (χ0v) is 32.8. The van der Waals surface area contributed by atoms with Gasteiger partial charge in [0.25, 0.3) is 0 Å². The number of unbranched alkanes of at least 4 members (excludes halogenated alkanes) is 28. The van der Waals surface area contributed by atoms with Gasteiger partial charge in [-0.3, -0.25) is 19.2 Å². The fraction of sp³-hybridized carbons (Fsp3) is 0.909. The SMILES string of the molecule is CCCCCCCCCCCCCCCCCC(=O)C(C(=O)CCCCCCCCCCCCCCCCC)C(C(C)=O)C(=O)CCC. The van der Waals surface area contributed by atoms with E-state index in [-0.39, 0.29) is 29.6 Å². The predicted octanol–water partition coefficient (Wildman–Crippen LogP) is 13.8. The first-order valence-electron chi connectivity index (χ1n) is 21.5. The van der Waals surface area contributed by atoms with Crippen LogP contribution in [0.1, 0.15) is 246 Å². The number of carbonyl (C=O) groups excluding carboxylic acids is 4. The van der Waals surface area contributed by atoms with E-state index in [0.29, 0.717) is 19.3 Å². The fourth-order valence-corrected chi connectivity index (χ4v) is 7.25. The monoisotopic (exact) mass is 675 g/mol. The standard InChI is InChI=1S/C44H82O4/c1-5-8-10-12-14-16-18-20-22-24-26-28-30-32-34-37-41(47)44(43(39(4)45)40(46)36-7-3)42(48)38-35-33-31-29-27-25-23-21-19-17-15-13-11-9-6-2/h43-44H,5-38H2,1-4H3. The molecule has 282 valence electrons. The molecule has 4 heteroatoms. The Morgan fingerprint density at radius 1 is 0.292 bits per heavy atom. The smallest absolute Gasteiger partial charge is 0.144 e. The Hall–Kier alpha value is -1.32. The molecule has 0 bridgehead atoms. The molecule has 0 rings (SSSR count). The molecular formula is C44H82O4. The Morgan fingerprint density at radius 2 is 0.521 bits per heavy atom. The number of hydrogen-bond acceptors (Lipinski definition) is 4. The van der Waals surface area contributed by atoms with Gasteiger partial charge in [0.2, 0.25) is 0 Å². The van der Waals surface area contributed by atoms with Gasteiger partial charge in [0.05, 0.1) is 11.8 Å². The molecule has 0 heterocycles. The summed E-state index contributed by atoms with van der Waals surface area (Å²) in [6.07, 6.45) is 39.2. The van der Waals surface area contributed by atoms with Crippen LogP contribution in [0.2, 0.25) is 0 Å². The van der Waals surface area contributed by atoms with Gasteiger partial charge in [-0.25, -0.2) is 0 Å². The molecule has 0 aromatic rings. The molecule has 0 aliphatic rings. The maximum atomic E-state index is 13.4. The maximum absolute atomic E-state index is 13.4. The summed E-state index contributed by atoms with van der Waals surface area (Å²) in [6.45, 7) is 7.82. The van der Waals surface area contributed by atoms with Crippen molar-refractivity contribution in [3.63, 3.8) is 0 Å². The highest BCUT2D eigenvalue weighted by molar-refractivity contribution is 6.13. The van der Waals surface area contributed by atoms with Crippen LogP contribution < -0.4 is 0 Å². The number of rotatable bonds is 39. The molecule has 48 heavy (non-hydrogen) atoms. The highest BCUT2D eigenvalue weighted by Crippen LogP contribution is 2.25. The second kappa shape index (κ2) is 35.5. The van der Waals surface area contributed by atoms with Crippen molar-refractivity contribution in [1.82, 2.24) is 0 Å². The van der Waals surface area contributed by atoms with Gasteiger partial charge >= 0.3 is 0 Å². The van der Waals surface area contributed by atoms with Crippen molar-refractivity contribution in [1.29, 1.82) is 0 Å². The van der Waals surface area contributed by atoms with E-state index in [2.05, 4.69) is 13.8 Å². The van der Waals surface area contributed by atoms with Gasteiger partial charge in [-0.15, -0.1) is 0 Å². The number of Topliss-reactive ketones (excluding diaryl/α,β-unsaturated/α-hetero) is 4. The lowest BCUT2D eigenvalue weighted by molar-refractivity contribution is -0.145. The number of ketones is 4. The summed E-state index contributed by atoms with van der Waals surface area (Å²) >= 11 is 0. The average molecular weight is 675 g/mol. The number of carbonyl (C=O) groups is 4. The normalized spacial score (nSPS) is 12.1. The van der Waals surface area contributed by atoms with Gasteiger partial charge in [0.15, 0.2) is 0 Å². The van der Waals surface area contributed by atoms with Crippen LogP contribution in [0, 0.1) is 11.8 Å². The van der Waals surface area contributed by atoms with Crippen LogP contribution in [-0.4, -0.2) is 23.1 Å². The molecule has 0 aromatic carbocycles. The minimum absolute atomic E-state index is 0.180. The molecule has 0 N–H and O–H groups in total. The Labute approximate surface area is 299 Å². The van der Waals surface area contributed by atoms with Crippen LogP contribution >= 0.6 is 0 Å². The Kier molecular flexibility index (Phi) is 34.5. The van der Waals surface area contributed by atoms with Crippen molar-refractivity contribution >= 4 is 23.1 Å². The minimum atomic E-state index is -1.09. The summed E-state index contributed by atoms with van der Waals surface area (Å²) < 4.78 is 0. The molecule has 0 fully saturated rings. The molecular weight excluding hydrogens is 592 g/mol. The van der Waals surface area contributed by atoms with E-state index in [1.807, 2.05) is 6.92 Å². The zero-order chi connectivity index (χ0) is 35.5. The molecule has 1 unspecified atom stereocenters. The van der Waals surface area contributed by atoms with Gasteiger partial charge in [0.1, 0.15) is 23.1 Å². The topological polar surface area (TPSA) is 68.3 Å². The van der Waals surface area contributed by atoms with Gasteiger partial charge in [-0.1, -0.05) is 201 Å². The summed E-state index contributed by atoms with van der Waals surface area (Å²) in [6, 6.07) is 0. The minimum Gasteiger partial charge on any atom is -0.299 e. The lowest BCUT2D eigenvalue weighted by Crippen LogP contribution is -2.40. The molecule has 0 amide bonds. The molecule has 0 radical (unpaired) electrons. The van der Waals surface area contributed by atoms with Gasteiger partial charge in [-0.05, 0) is 26.2 Å². The van der Waals surface area contributed by atoms with Crippen molar-refractivity contribution in [3.8, 4) is 0 Å². The Morgan fingerprint density at radius 3 is 0.750 bits per heavy atom. The van der Waals surface area contributed by atoms with Crippen molar-refractivity contribution in [2.24, 2.45) is 11.8 Å². The zero-order valence-electron chi connectivity index (χ0n) is 32.8. The first-order chi connectivity index (χ1) is 23.4. The largest absolute Gasteiger partial charge is 0.299 e. The van der Waals surface area contributed by atoms with Crippen LogP contribution in [-0.2, 0) is 19.2 Å². The molecule has 4 nitrogen and oxygen atoms in total. The van der Waals surface area contributed by atoms with Crippen LogP contribution in [0.4, 0.5) is 0 Å². The third-order valence-electron chi connectivity index (χ3n) is 10.4. The summed E-state index contributed by atoms with van der Waals surface area (Å²) in [5.74, 6) is -3.07. The summed E-state index contributed by atoms with van der Waals surface area (Å²) in [5, 5.41) is 0. The predicted molar refractivity (Wildman–Crippen MR) is 207 cm³/mol. The Bertz CT molecular complexity index is 726. The van der Waals surface area contributed by atoms with E-state index in [1.54, 1.807) is 0 Å². The van der Waals surface area contributed by atoms with Crippen LogP contribution in [0.3, 0.4) is 0 Å². The molecule has 0 saturated carbocycles. The molecule has 0 aromatic heterocycles. The second-order valence-electron chi connectivity index (χ2n) is 15.1. The van der Waals surface area contributed by atoms with Crippen LogP contribution in [0.15, 0.2) is 0 Å². The van der Waals surface area contributed by atoms with E-state index in [0.717, 1.165) is 38.5 Å². The quantitative estimate of drug-likeness (QED) is 0.0480. The van der Waals surface area contributed by atoms with E-state index in [1.165, 1.54) is 161 Å². The van der Waals surface area contributed by atoms with Crippen LogP contribution in [0.5, 0.6) is 0 Å². The van der Waals surface area contributed by atoms with Crippen molar-refractivity contribution in [2.75, 3.05) is 0 Å². The third-order valence-corrected chi connectivity index (χ3v) is 10.4. The van der Waals surface area contributed by atoms with E-state index >= 15 is 0 Å². The lowest BCUT2D eigenvalue weighted by atomic mass is 9.76. The van der Waals surface area contributed by atoms with Crippen LogP contribution in [0.25, 0.3) is 0 Å². The first-order valence-corrected chi connectivity index (χ1v) is 21.5.